The third-order valence-corrected chi connectivity index (χ3v) is 5.39. The fraction of sp³-hybridized carbons (Fsp3) is 0.263. The molecule has 0 radical (unpaired) electrons. The van der Waals surface area contributed by atoms with Gasteiger partial charge in [-0.2, -0.15) is 5.10 Å². The first-order chi connectivity index (χ1) is 12.2. The van der Waals surface area contributed by atoms with Crippen LogP contribution in [-0.4, -0.2) is 29.3 Å². The number of thiophene rings is 1. The molecule has 1 aromatic carbocycles. The number of benzene rings is 1. The Morgan fingerprint density at radius 1 is 1.36 bits per heavy atom. The number of amides is 1. The number of aromatic nitrogens is 2. The summed E-state index contributed by atoms with van der Waals surface area (Å²) in [4.78, 5) is 14.7. The lowest BCUT2D eigenvalue weighted by Gasteiger charge is -2.26. The maximum Gasteiger partial charge on any atom is 0.271 e. The summed E-state index contributed by atoms with van der Waals surface area (Å²) in [6, 6.07) is 14.1. The average molecular weight is 353 g/mol. The Labute approximate surface area is 150 Å². The molecule has 0 unspecified atom stereocenters. The van der Waals surface area contributed by atoms with Crippen molar-refractivity contribution in [1.82, 2.24) is 15.5 Å². The summed E-state index contributed by atoms with van der Waals surface area (Å²) >= 11 is 1.67. The van der Waals surface area contributed by atoms with Crippen LogP contribution in [-0.2, 0) is 11.2 Å². The average Bonchev–Trinajstić information content (AvgIpc) is 3.28. The number of fused-ring (bicyclic) bond motifs is 1. The molecule has 1 aliphatic rings. The highest BCUT2D eigenvalue weighted by atomic mass is 32.1. The summed E-state index contributed by atoms with van der Waals surface area (Å²) in [5.41, 5.74) is 3.71. The van der Waals surface area contributed by atoms with Crippen molar-refractivity contribution in [3.8, 4) is 10.6 Å². The molecule has 0 fully saturated rings. The van der Waals surface area contributed by atoms with Gasteiger partial charge in [0.05, 0.1) is 17.2 Å². The molecule has 1 amide bonds. The van der Waals surface area contributed by atoms with Gasteiger partial charge < -0.3 is 10.1 Å². The van der Waals surface area contributed by atoms with Gasteiger partial charge in [0.1, 0.15) is 6.10 Å². The summed E-state index contributed by atoms with van der Waals surface area (Å²) < 4.78 is 5.83. The molecule has 3 aromatic rings. The topological polar surface area (TPSA) is 67.0 Å². The van der Waals surface area contributed by atoms with E-state index in [0.29, 0.717) is 18.8 Å². The molecule has 0 spiro atoms. The van der Waals surface area contributed by atoms with Crippen LogP contribution in [0.5, 0.6) is 0 Å². The minimum Gasteiger partial charge on any atom is -0.371 e. The van der Waals surface area contributed by atoms with Crippen molar-refractivity contribution in [3.63, 3.8) is 0 Å². The molecule has 6 heteroatoms. The van der Waals surface area contributed by atoms with Gasteiger partial charge in [-0.05, 0) is 42.7 Å². The van der Waals surface area contributed by atoms with Crippen molar-refractivity contribution in [1.29, 1.82) is 0 Å². The first-order valence-corrected chi connectivity index (χ1v) is 9.12. The standard InChI is InChI=1S/C19H19N3O2S/c1-12-6-7-18(25-12)15-10-16(22-21-15)19(23)20-11-17-14-5-3-2-4-13(14)8-9-24-17/h2-7,10,17H,8-9,11H2,1H3,(H,20,23)(H,21,22)/t17-/m1/s1. The normalized spacial score (nSPS) is 16.4. The Morgan fingerprint density at radius 2 is 2.24 bits per heavy atom. The smallest absolute Gasteiger partial charge is 0.271 e. The lowest BCUT2D eigenvalue weighted by atomic mass is 9.97. The molecule has 2 aromatic heterocycles. The second kappa shape index (κ2) is 6.82. The number of rotatable bonds is 4. The lowest BCUT2D eigenvalue weighted by Crippen LogP contribution is -2.32. The van der Waals surface area contributed by atoms with Gasteiger partial charge >= 0.3 is 0 Å². The van der Waals surface area contributed by atoms with Crippen LogP contribution in [0.25, 0.3) is 10.6 Å². The predicted molar refractivity (Wildman–Crippen MR) is 97.8 cm³/mol. The molecule has 25 heavy (non-hydrogen) atoms. The van der Waals surface area contributed by atoms with E-state index < -0.39 is 0 Å². The second-order valence-electron chi connectivity index (χ2n) is 6.10. The van der Waals surface area contributed by atoms with Gasteiger partial charge in [0.2, 0.25) is 0 Å². The third kappa shape index (κ3) is 3.36. The highest BCUT2D eigenvalue weighted by Gasteiger charge is 2.21. The molecule has 0 bridgehead atoms. The van der Waals surface area contributed by atoms with Crippen molar-refractivity contribution < 1.29 is 9.53 Å². The zero-order valence-corrected chi connectivity index (χ0v) is 14.7. The van der Waals surface area contributed by atoms with Gasteiger partial charge in [-0.15, -0.1) is 11.3 Å². The van der Waals surface area contributed by atoms with Crippen LogP contribution in [0.4, 0.5) is 0 Å². The summed E-state index contributed by atoms with van der Waals surface area (Å²) in [6.07, 6.45) is 0.816. The number of H-pyrrole nitrogens is 1. The fourth-order valence-corrected chi connectivity index (χ4v) is 3.90. The summed E-state index contributed by atoms with van der Waals surface area (Å²) in [5, 5.41) is 10.0. The van der Waals surface area contributed by atoms with Crippen LogP contribution in [0.15, 0.2) is 42.5 Å². The van der Waals surface area contributed by atoms with E-state index in [1.165, 1.54) is 10.4 Å². The molecule has 4 rings (SSSR count). The van der Waals surface area contributed by atoms with Crippen molar-refractivity contribution in [2.24, 2.45) is 0 Å². The number of aromatic amines is 1. The molecule has 0 saturated carbocycles. The molecule has 1 atom stereocenters. The lowest BCUT2D eigenvalue weighted by molar-refractivity contribution is 0.0411. The number of ether oxygens (including phenoxy) is 1. The number of nitrogens with zero attached hydrogens (tertiary/aromatic N) is 1. The van der Waals surface area contributed by atoms with Crippen LogP contribution >= 0.6 is 11.3 Å². The molecule has 128 valence electrons. The largest absolute Gasteiger partial charge is 0.371 e. The quantitative estimate of drug-likeness (QED) is 0.754. The summed E-state index contributed by atoms with van der Waals surface area (Å²) in [6.45, 7) is 3.18. The van der Waals surface area contributed by atoms with Crippen LogP contribution in [0.2, 0.25) is 0 Å². The molecule has 2 N–H and O–H groups in total. The number of carbonyl (C=O) groups is 1. The second-order valence-corrected chi connectivity index (χ2v) is 7.38. The van der Waals surface area contributed by atoms with Gasteiger partial charge in [0.25, 0.3) is 5.91 Å². The van der Waals surface area contributed by atoms with Crippen LogP contribution in [0.3, 0.4) is 0 Å². The molecule has 0 saturated heterocycles. The summed E-state index contributed by atoms with van der Waals surface area (Å²) in [5.74, 6) is -0.192. The minimum absolute atomic E-state index is 0.104. The molecule has 5 nitrogen and oxygen atoms in total. The van der Waals surface area contributed by atoms with Gasteiger partial charge in [0, 0.05) is 11.4 Å². The van der Waals surface area contributed by atoms with Gasteiger partial charge in [-0.1, -0.05) is 24.3 Å². The molecule has 1 aliphatic heterocycles. The molecule has 0 aliphatic carbocycles. The van der Waals surface area contributed by atoms with Crippen molar-refractivity contribution in [2.45, 2.75) is 19.4 Å². The number of hydrogen-bond donors (Lipinski definition) is 2. The monoisotopic (exact) mass is 353 g/mol. The van der Waals surface area contributed by atoms with E-state index in [-0.39, 0.29) is 12.0 Å². The maximum atomic E-state index is 12.4. The number of hydrogen-bond acceptors (Lipinski definition) is 4. The van der Waals surface area contributed by atoms with E-state index in [9.17, 15) is 4.79 Å². The first kappa shape index (κ1) is 16.1. The van der Waals surface area contributed by atoms with Crippen LogP contribution < -0.4 is 5.32 Å². The van der Waals surface area contributed by atoms with Gasteiger partial charge in [-0.3, -0.25) is 9.89 Å². The summed E-state index contributed by atoms with van der Waals surface area (Å²) in [7, 11) is 0. The molecule has 3 heterocycles. The zero-order valence-electron chi connectivity index (χ0n) is 13.9. The van der Waals surface area contributed by atoms with E-state index in [4.69, 9.17) is 4.74 Å². The highest BCUT2D eigenvalue weighted by Crippen LogP contribution is 2.27. The van der Waals surface area contributed by atoms with Crippen LogP contribution in [0, 0.1) is 6.92 Å². The van der Waals surface area contributed by atoms with E-state index in [1.807, 2.05) is 18.2 Å². The minimum atomic E-state index is -0.192. The highest BCUT2D eigenvalue weighted by molar-refractivity contribution is 7.15. The third-order valence-electron chi connectivity index (χ3n) is 4.36. The van der Waals surface area contributed by atoms with Gasteiger partial charge in [0.15, 0.2) is 5.69 Å². The van der Waals surface area contributed by atoms with E-state index in [1.54, 1.807) is 17.4 Å². The molecular formula is C19H19N3O2S. The Morgan fingerprint density at radius 3 is 3.08 bits per heavy atom. The Hall–Kier alpha value is -2.44. The van der Waals surface area contributed by atoms with Gasteiger partial charge in [-0.25, -0.2) is 0 Å². The van der Waals surface area contributed by atoms with Crippen molar-refractivity contribution in [3.05, 3.63) is 64.2 Å². The number of aryl methyl sites for hydroxylation is 1. The fourth-order valence-electron chi connectivity index (χ4n) is 3.07. The van der Waals surface area contributed by atoms with Crippen LogP contribution in [0.1, 0.15) is 32.6 Å². The Bertz CT molecular complexity index is 899. The zero-order chi connectivity index (χ0) is 17.2. The first-order valence-electron chi connectivity index (χ1n) is 8.30. The van der Waals surface area contributed by atoms with E-state index in [0.717, 1.165) is 22.6 Å². The van der Waals surface area contributed by atoms with Crippen molar-refractivity contribution >= 4 is 17.2 Å². The Kier molecular flexibility index (Phi) is 4.38. The maximum absolute atomic E-state index is 12.4. The van der Waals surface area contributed by atoms with E-state index >= 15 is 0 Å². The SMILES string of the molecule is Cc1ccc(-c2cc(C(=O)NC[C@H]3OCCc4ccccc43)n[nH]2)s1. The van der Waals surface area contributed by atoms with E-state index in [2.05, 4.69) is 40.6 Å². The molecular weight excluding hydrogens is 334 g/mol. The number of nitrogens with one attached hydrogen (secondary N) is 2. The Balaban J connectivity index is 1.43. The predicted octanol–water partition coefficient (Wildman–Crippen LogP) is 3.49. The number of carbonyl (C=O) groups excluding carboxylic acids is 1. The van der Waals surface area contributed by atoms with Crippen molar-refractivity contribution in [2.75, 3.05) is 13.2 Å².